The quantitative estimate of drug-likeness (QED) is 0.718. The van der Waals surface area contributed by atoms with Gasteiger partial charge in [-0.15, -0.1) is 11.8 Å². The van der Waals surface area contributed by atoms with Gasteiger partial charge in [0.25, 0.3) is 0 Å². The standard InChI is InChI=1S/C20H23N5S/c1-26-17-4-2-16(3-5-17)25-10-14-7-9-24(11-15(14)12-25)20-18-6-8-21-19(18)22-13-23-20/h2-6,8,13-15H,7,9-12H2,1H3,(H,21,22,23). The molecule has 2 fully saturated rings. The molecule has 0 bridgehead atoms. The molecular weight excluding hydrogens is 342 g/mol. The molecule has 6 heteroatoms. The minimum atomic E-state index is 0.702. The van der Waals surface area contributed by atoms with Crippen LogP contribution < -0.4 is 9.80 Å². The van der Waals surface area contributed by atoms with E-state index in [1.54, 1.807) is 18.1 Å². The molecule has 5 rings (SSSR count). The van der Waals surface area contributed by atoms with Gasteiger partial charge in [-0.05, 0) is 54.8 Å². The Morgan fingerprint density at radius 2 is 1.81 bits per heavy atom. The minimum absolute atomic E-state index is 0.702. The molecule has 4 heterocycles. The van der Waals surface area contributed by atoms with Crippen LogP contribution in [0.1, 0.15) is 6.42 Å². The molecule has 1 N–H and O–H groups in total. The van der Waals surface area contributed by atoms with Gasteiger partial charge in [-0.1, -0.05) is 0 Å². The Bertz CT molecular complexity index is 906. The van der Waals surface area contributed by atoms with Crippen LogP contribution in [0.25, 0.3) is 11.0 Å². The van der Waals surface area contributed by atoms with E-state index in [9.17, 15) is 0 Å². The predicted octanol–water partition coefficient (Wildman–Crippen LogP) is 3.64. The van der Waals surface area contributed by atoms with E-state index in [1.807, 2.05) is 6.20 Å². The van der Waals surface area contributed by atoms with Gasteiger partial charge in [0, 0.05) is 43.0 Å². The number of anilines is 2. The number of aromatic amines is 1. The Morgan fingerprint density at radius 1 is 1.00 bits per heavy atom. The minimum Gasteiger partial charge on any atom is -0.371 e. The normalized spacial score (nSPS) is 22.8. The Balaban J connectivity index is 1.34. The number of benzene rings is 1. The van der Waals surface area contributed by atoms with Crippen LogP contribution in [0.15, 0.2) is 47.8 Å². The molecule has 3 aromatic rings. The average molecular weight is 366 g/mol. The van der Waals surface area contributed by atoms with E-state index < -0.39 is 0 Å². The topological polar surface area (TPSA) is 48.1 Å². The molecule has 1 aromatic carbocycles. The lowest BCUT2D eigenvalue weighted by Gasteiger charge is -2.35. The van der Waals surface area contributed by atoms with Gasteiger partial charge in [0.05, 0.1) is 5.39 Å². The second kappa shape index (κ2) is 6.50. The molecule has 2 aromatic heterocycles. The lowest BCUT2D eigenvalue weighted by molar-refractivity contribution is 0.348. The summed E-state index contributed by atoms with van der Waals surface area (Å²) in [7, 11) is 0. The van der Waals surface area contributed by atoms with Crippen molar-refractivity contribution in [2.75, 3.05) is 42.2 Å². The zero-order valence-electron chi connectivity index (χ0n) is 14.9. The fourth-order valence-corrected chi connectivity index (χ4v) is 4.88. The highest BCUT2D eigenvalue weighted by Crippen LogP contribution is 2.36. The fourth-order valence-electron chi connectivity index (χ4n) is 4.48. The van der Waals surface area contributed by atoms with E-state index in [0.29, 0.717) is 5.92 Å². The third-order valence-electron chi connectivity index (χ3n) is 5.87. The number of nitrogens with zero attached hydrogens (tertiary/aromatic N) is 4. The van der Waals surface area contributed by atoms with Crippen molar-refractivity contribution in [1.29, 1.82) is 0 Å². The molecule has 26 heavy (non-hydrogen) atoms. The van der Waals surface area contributed by atoms with Crippen molar-refractivity contribution >= 4 is 34.3 Å². The third kappa shape index (κ3) is 2.72. The number of piperidine rings is 1. The van der Waals surface area contributed by atoms with Crippen molar-refractivity contribution in [3.63, 3.8) is 0 Å². The van der Waals surface area contributed by atoms with E-state index in [2.05, 4.69) is 61.3 Å². The first-order valence-electron chi connectivity index (χ1n) is 9.24. The molecule has 2 aliphatic rings. The first-order valence-corrected chi connectivity index (χ1v) is 10.5. The molecule has 134 valence electrons. The molecule has 2 saturated heterocycles. The van der Waals surface area contributed by atoms with Crippen LogP contribution in [0.5, 0.6) is 0 Å². The zero-order chi connectivity index (χ0) is 17.5. The van der Waals surface area contributed by atoms with Crippen molar-refractivity contribution < 1.29 is 0 Å². The SMILES string of the molecule is CSc1ccc(N2CC3CCN(c4ncnc5[nH]ccc45)CC3C2)cc1. The number of hydrogen-bond donors (Lipinski definition) is 1. The summed E-state index contributed by atoms with van der Waals surface area (Å²) in [6.45, 7) is 4.49. The molecule has 0 radical (unpaired) electrons. The summed E-state index contributed by atoms with van der Waals surface area (Å²) in [5, 5.41) is 1.13. The maximum absolute atomic E-state index is 4.59. The molecule has 2 atom stereocenters. The fraction of sp³-hybridized carbons (Fsp3) is 0.400. The van der Waals surface area contributed by atoms with Gasteiger partial charge in [0.1, 0.15) is 17.8 Å². The number of aromatic nitrogens is 3. The summed E-state index contributed by atoms with van der Waals surface area (Å²) in [5.41, 5.74) is 2.29. The van der Waals surface area contributed by atoms with Crippen LogP contribution in [-0.2, 0) is 0 Å². The predicted molar refractivity (Wildman–Crippen MR) is 108 cm³/mol. The average Bonchev–Trinajstić information content (AvgIpc) is 3.34. The van der Waals surface area contributed by atoms with Crippen LogP contribution in [0.4, 0.5) is 11.5 Å². The highest BCUT2D eigenvalue weighted by Gasteiger charge is 2.37. The van der Waals surface area contributed by atoms with Crippen molar-refractivity contribution in [2.45, 2.75) is 11.3 Å². The van der Waals surface area contributed by atoms with Crippen molar-refractivity contribution in [3.05, 3.63) is 42.9 Å². The molecule has 2 unspecified atom stereocenters. The molecule has 5 nitrogen and oxygen atoms in total. The lowest BCUT2D eigenvalue weighted by Crippen LogP contribution is -2.40. The summed E-state index contributed by atoms with van der Waals surface area (Å²) >= 11 is 1.80. The van der Waals surface area contributed by atoms with Gasteiger partial charge in [-0.3, -0.25) is 0 Å². The largest absolute Gasteiger partial charge is 0.371 e. The van der Waals surface area contributed by atoms with E-state index >= 15 is 0 Å². The Morgan fingerprint density at radius 3 is 2.65 bits per heavy atom. The summed E-state index contributed by atoms with van der Waals surface area (Å²) in [5.74, 6) is 2.57. The molecule has 0 saturated carbocycles. The molecule has 0 amide bonds. The maximum atomic E-state index is 4.59. The van der Waals surface area contributed by atoms with E-state index in [-0.39, 0.29) is 0 Å². The van der Waals surface area contributed by atoms with Crippen LogP contribution in [0, 0.1) is 11.8 Å². The van der Waals surface area contributed by atoms with Crippen LogP contribution in [0.2, 0.25) is 0 Å². The summed E-state index contributed by atoms with van der Waals surface area (Å²) in [6, 6.07) is 11.1. The van der Waals surface area contributed by atoms with Gasteiger partial charge in [-0.25, -0.2) is 9.97 Å². The number of nitrogens with one attached hydrogen (secondary N) is 1. The first kappa shape index (κ1) is 16.0. The number of hydrogen-bond acceptors (Lipinski definition) is 5. The number of thioether (sulfide) groups is 1. The Kier molecular flexibility index (Phi) is 4.00. The van der Waals surface area contributed by atoms with Crippen molar-refractivity contribution in [2.24, 2.45) is 11.8 Å². The third-order valence-corrected chi connectivity index (χ3v) is 6.61. The Hall–Kier alpha value is -2.21. The number of H-pyrrole nitrogens is 1. The first-order chi connectivity index (χ1) is 12.8. The van der Waals surface area contributed by atoms with Gasteiger partial charge in [0.2, 0.25) is 0 Å². The lowest BCUT2D eigenvalue weighted by atomic mass is 9.88. The van der Waals surface area contributed by atoms with E-state index in [4.69, 9.17) is 0 Å². The van der Waals surface area contributed by atoms with E-state index in [1.165, 1.54) is 23.5 Å². The molecule has 0 aliphatic carbocycles. The van der Waals surface area contributed by atoms with Gasteiger partial charge in [-0.2, -0.15) is 0 Å². The van der Waals surface area contributed by atoms with Crippen molar-refractivity contribution in [1.82, 2.24) is 15.0 Å². The molecule has 0 spiro atoms. The van der Waals surface area contributed by atoms with Crippen LogP contribution in [-0.4, -0.2) is 47.4 Å². The van der Waals surface area contributed by atoms with Crippen molar-refractivity contribution in [3.8, 4) is 0 Å². The maximum Gasteiger partial charge on any atom is 0.142 e. The summed E-state index contributed by atoms with van der Waals surface area (Å²) < 4.78 is 0. The number of rotatable bonds is 3. The summed E-state index contributed by atoms with van der Waals surface area (Å²) in [6.07, 6.45) is 6.99. The second-order valence-electron chi connectivity index (χ2n) is 7.30. The number of fused-ring (bicyclic) bond motifs is 2. The zero-order valence-corrected chi connectivity index (χ0v) is 15.7. The molecule has 2 aliphatic heterocycles. The highest BCUT2D eigenvalue weighted by molar-refractivity contribution is 7.98. The van der Waals surface area contributed by atoms with Gasteiger partial charge in [0.15, 0.2) is 0 Å². The monoisotopic (exact) mass is 365 g/mol. The second-order valence-corrected chi connectivity index (χ2v) is 8.17. The molecular formula is C20H23N5S. The van der Waals surface area contributed by atoms with Crippen LogP contribution in [0.3, 0.4) is 0 Å². The van der Waals surface area contributed by atoms with Gasteiger partial charge < -0.3 is 14.8 Å². The Labute approximate surface area is 157 Å². The van der Waals surface area contributed by atoms with Gasteiger partial charge >= 0.3 is 0 Å². The van der Waals surface area contributed by atoms with E-state index in [0.717, 1.165) is 42.4 Å². The van der Waals surface area contributed by atoms with Crippen LogP contribution >= 0.6 is 11.8 Å². The summed E-state index contributed by atoms with van der Waals surface area (Å²) in [4.78, 5) is 18.5. The smallest absolute Gasteiger partial charge is 0.142 e. The highest BCUT2D eigenvalue weighted by atomic mass is 32.2.